The Kier molecular flexibility index (Phi) is 6.67. The number of hydrogen-bond acceptors (Lipinski definition) is 4. The highest BCUT2D eigenvalue weighted by molar-refractivity contribution is 5.79. The maximum absolute atomic E-state index is 11.9. The van der Waals surface area contributed by atoms with E-state index in [1.807, 2.05) is 0 Å². The van der Waals surface area contributed by atoms with Crippen molar-refractivity contribution in [3.05, 3.63) is 0 Å². The predicted molar refractivity (Wildman–Crippen MR) is 68.3 cm³/mol. The summed E-state index contributed by atoms with van der Waals surface area (Å²) in [4.78, 5) is 22.5. The molecule has 18 heavy (non-hydrogen) atoms. The number of carbonyl (C=O) groups is 2. The van der Waals surface area contributed by atoms with Gasteiger partial charge in [-0.25, -0.2) is 0 Å². The number of rotatable bonds is 2. The van der Waals surface area contributed by atoms with Crippen LogP contribution in [-0.2, 0) is 9.59 Å². The van der Waals surface area contributed by atoms with Crippen LogP contribution in [-0.4, -0.2) is 61.7 Å². The van der Waals surface area contributed by atoms with Gasteiger partial charge in [-0.15, -0.1) is 0 Å². The van der Waals surface area contributed by atoms with Gasteiger partial charge in [-0.2, -0.15) is 0 Å². The highest BCUT2D eigenvalue weighted by Gasteiger charge is 2.26. The molecule has 0 saturated carbocycles. The third-order valence-corrected chi connectivity index (χ3v) is 3.45. The van der Waals surface area contributed by atoms with Gasteiger partial charge in [-0.1, -0.05) is 0 Å². The van der Waals surface area contributed by atoms with Gasteiger partial charge in [0.25, 0.3) is 6.47 Å². The molecule has 0 aromatic rings. The third-order valence-electron chi connectivity index (χ3n) is 3.45. The predicted octanol–water partition coefficient (Wildman–Crippen LogP) is -0.493. The molecule has 3 N–H and O–H groups in total. The molecule has 0 aromatic heterocycles. The van der Waals surface area contributed by atoms with Gasteiger partial charge in [0.15, 0.2) is 0 Å². The highest BCUT2D eigenvalue weighted by Crippen LogP contribution is 2.13. The number of carbonyl (C=O) groups excluding carboxylic acids is 1. The number of likely N-dealkylation sites (tertiary alicyclic amines) is 1. The van der Waals surface area contributed by atoms with Crippen molar-refractivity contribution in [3.8, 4) is 0 Å². The Morgan fingerprint density at radius 1 is 1.39 bits per heavy atom. The van der Waals surface area contributed by atoms with Crippen LogP contribution in [0.3, 0.4) is 0 Å². The second-order valence-electron chi connectivity index (χ2n) is 4.89. The highest BCUT2D eigenvalue weighted by atomic mass is 16.3. The van der Waals surface area contributed by atoms with Crippen molar-refractivity contribution in [3.63, 3.8) is 0 Å². The van der Waals surface area contributed by atoms with E-state index in [0.717, 1.165) is 45.4 Å². The first-order valence-corrected chi connectivity index (χ1v) is 6.45. The number of likely N-dealkylation sites (N-methyl/N-ethyl adjacent to an activating group) is 1. The fraction of sp³-hybridized carbons (Fsp3) is 0.833. The van der Waals surface area contributed by atoms with Gasteiger partial charge >= 0.3 is 0 Å². The monoisotopic (exact) mass is 257 g/mol. The Bertz CT molecular complexity index is 267. The van der Waals surface area contributed by atoms with Gasteiger partial charge in [0.05, 0.1) is 0 Å². The number of nitrogens with one attached hydrogen (secondary N) is 2. The van der Waals surface area contributed by atoms with E-state index in [2.05, 4.69) is 22.6 Å². The summed E-state index contributed by atoms with van der Waals surface area (Å²) in [6, 6.07) is 0.386. The van der Waals surface area contributed by atoms with E-state index in [1.54, 1.807) is 0 Å². The molecule has 6 heteroatoms. The Labute approximate surface area is 108 Å². The molecule has 1 amide bonds. The summed E-state index contributed by atoms with van der Waals surface area (Å²) in [6.07, 6.45) is 3.09. The molecule has 2 aliphatic rings. The molecule has 2 rings (SSSR count). The summed E-state index contributed by atoms with van der Waals surface area (Å²) in [5.41, 5.74) is 0. The summed E-state index contributed by atoms with van der Waals surface area (Å²) < 4.78 is 0. The fourth-order valence-corrected chi connectivity index (χ4v) is 2.46. The molecule has 0 radical (unpaired) electrons. The first-order valence-electron chi connectivity index (χ1n) is 6.45. The van der Waals surface area contributed by atoms with Crippen LogP contribution in [0.25, 0.3) is 0 Å². The van der Waals surface area contributed by atoms with Crippen molar-refractivity contribution >= 4 is 12.4 Å². The van der Waals surface area contributed by atoms with E-state index < -0.39 is 0 Å². The average Bonchev–Trinajstić information content (AvgIpc) is 2.77. The van der Waals surface area contributed by atoms with Crippen molar-refractivity contribution in [2.75, 3.05) is 33.2 Å². The fourth-order valence-electron chi connectivity index (χ4n) is 2.46. The Morgan fingerprint density at radius 3 is 2.50 bits per heavy atom. The maximum Gasteiger partial charge on any atom is 0.290 e. The molecule has 2 aliphatic heterocycles. The lowest BCUT2D eigenvalue weighted by atomic mass is 9.97. The van der Waals surface area contributed by atoms with Crippen molar-refractivity contribution in [2.24, 2.45) is 5.92 Å². The van der Waals surface area contributed by atoms with E-state index in [1.165, 1.54) is 0 Å². The molecule has 0 aromatic carbocycles. The minimum Gasteiger partial charge on any atom is -0.483 e. The zero-order valence-electron chi connectivity index (χ0n) is 10.9. The quantitative estimate of drug-likeness (QED) is 0.581. The zero-order valence-corrected chi connectivity index (χ0v) is 10.9. The molecule has 104 valence electrons. The third kappa shape index (κ3) is 5.01. The van der Waals surface area contributed by atoms with Crippen LogP contribution in [0.1, 0.15) is 19.3 Å². The molecule has 0 aliphatic carbocycles. The van der Waals surface area contributed by atoms with E-state index in [-0.39, 0.29) is 18.3 Å². The summed E-state index contributed by atoms with van der Waals surface area (Å²) >= 11 is 0. The largest absolute Gasteiger partial charge is 0.483 e. The lowest BCUT2D eigenvalue weighted by molar-refractivity contribution is -0.126. The van der Waals surface area contributed by atoms with Crippen molar-refractivity contribution in [2.45, 2.75) is 25.3 Å². The second-order valence-corrected chi connectivity index (χ2v) is 4.89. The van der Waals surface area contributed by atoms with E-state index in [9.17, 15) is 4.79 Å². The zero-order chi connectivity index (χ0) is 13.4. The minimum absolute atomic E-state index is 0.247. The Morgan fingerprint density at radius 2 is 2.00 bits per heavy atom. The van der Waals surface area contributed by atoms with Crippen LogP contribution in [0, 0.1) is 5.92 Å². The van der Waals surface area contributed by atoms with E-state index >= 15 is 0 Å². The number of nitrogens with zero attached hydrogens (tertiary/aromatic N) is 1. The van der Waals surface area contributed by atoms with Gasteiger partial charge in [0, 0.05) is 18.5 Å². The van der Waals surface area contributed by atoms with Crippen molar-refractivity contribution in [1.29, 1.82) is 0 Å². The topological polar surface area (TPSA) is 81.7 Å². The van der Waals surface area contributed by atoms with Crippen molar-refractivity contribution in [1.82, 2.24) is 15.5 Å². The SMILES string of the molecule is CN1CCC(NC(=O)C2CCNCC2)C1.O=CO. The molecule has 0 spiro atoms. The summed E-state index contributed by atoms with van der Waals surface area (Å²) in [6.45, 7) is 3.85. The average molecular weight is 257 g/mol. The maximum atomic E-state index is 11.9. The molecule has 1 atom stereocenters. The van der Waals surface area contributed by atoms with Gasteiger partial charge in [-0.05, 0) is 45.9 Å². The van der Waals surface area contributed by atoms with Gasteiger partial charge in [0.1, 0.15) is 0 Å². The lowest BCUT2D eigenvalue weighted by Crippen LogP contribution is -2.43. The van der Waals surface area contributed by atoms with Crippen LogP contribution < -0.4 is 10.6 Å². The number of piperidine rings is 1. The standard InChI is InChI=1S/C11H21N3O.CH2O2/c1-14-7-4-10(8-14)13-11(15)9-2-5-12-6-3-9;2-1-3/h9-10,12H,2-8H2,1H3,(H,13,15);1H,(H,2,3). The number of carboxylic acid groups (broad SMARTS) is 1. The molecular weight excluding hydrogens is 234 g/mol. The van der Waals surface area contributed by atoms with Crippen LogP contribution in [0.4, 0.5) is 0 Å². The molecule has 1 unspecified atom stereocenters. The lowest BCUT2D eigenvalue weighted by Gasteiger charge is -2.23. The molecule has 0 bridgehead atoms. The van der Waals surface area contributed by atoms with Crippen molar-refractivity contribution < 1.29 is 14.7 Å². The second kappa shape index (κ2) is 8.05. The Balaban J connectivity index is 0.000000492. The number of hydrogen-bond donors (Lipinski definition) is 3. The van der Waals surface area contributed by atoms with E-state index in [4.69, 9.17) is 9.90 Å². The Hall–Kier alpha value is -1.14. The first-order chi connectivity index (χ1) is 8.67. The van der Waals surface area contributed by atoms with Crippen LogP contribution in [0.15, 0.2) is 0 Å². The summed E-state index contributed by atoms with van der Waals surface area (Å²) in [7, 11) is 2.11. The van der Waals surface area contributed by atoms with Gasteiger partial charge in [0.2, 0.25) is 5.91 Å². The van der Waals surface area contributed by atoms with Gasteiger partial charge < -0.3 is 20.6 Å². The van der Waals surface area contributed by atoms with Crippen LogP contribution >= 0.6 is 0 Å². The summed E-state index contributed by atoms with van der Waals surface area (Å²) in [5.74, 6) is 0.522. The van der Waals surface area contributed by atoms with Gasteiger partial charge in [-0.3, -0.25) is 9.59 Å². The van der Waals surface area contributed by atoms with Crippen LogP contribution in [0.2, 0.25) is 0 Å². The summed E-state index contributed by atoms with van der Waals surface area (Å²) in [5, 5.41) is 13.3. The molecular formula is C12H23N3O3. The molecule has 2 saturated heterocycles. The molecule has 6 nitrogen and oxygen atoms in total. The first kappa shape index (κ1) is 14.9. The number of amides is 1. The molecule has 2 heterocycles. The normalized spacial score (nSPS) is 25.1. The van der Waals surface area contributed by atoms with Crippen LogP contribution in [0.5, 0.6) is 0 Å². The smallest absolute Gasteiger partial charge is 0.290 e. The molecule has 2 fully saturated rings. The minimum atomic E-state index is -0.250. The van der Waals surface area contributed by atoms with E-state index in [0.29, 0.717) is 6.04 Å².